The molecule has 0 bridgehead atoms. The number of carbonyl (C=O) groups excluding carboxylic acids is 5. The van der Waals surface area contributed by atoms with Crippen LogP contribution in [0.3, 0.4) is 0 Å². The summed E-state index contributed by atoms with van der Waals surface area (Å²) in [5, 5.41) is 9.62. The van der Waals surface area contributed by atoms with Gasteiger partial charge in [0.1, 0.15) is 17.4 Å². The Balaban J connectivity index is 0.778. The highest BCUT2D eigenvalue weighted by Gasteiger charge is 2.40. The zero-order valence-corrected chi connectivity index (χ0v) is 32.3. The minimum Gasteiger partial charge on any atom is -0.489 e. The Kier molecular flexibility index (Phi) is 9.63. The first kappa shape index (κ1) is 36.8. The van der Waals surface area contributed by atoms with Crippen molar-refractivity contribution in [1.29, 1.82) is 0 Å². The zero-order chi connectivity index (χ0) is 39.4. The fraction of sp³-hybridized carbons (Fsp3) is 0.452. The summed E-state index contributed by atoms with van der Waals surface area (Å²) in [6.45, 7) is 9.48. The van der Waals surface area contributed by atoms with Crippen molar-refractivity contribution in [3.05, 3.63) is 82.8 Å². The summed E-state index contributed by atoms with van der Waals surface area (Å²) in [7, 11) is 0. The van der Waals surface area contributed by atoms with Crippen molar-refractivity contribution < 1.29 is 28.7 Å². The fourth-order valence-corrected chi connectivity index (χ4v) is 9.20. The molecule has 0 aliphatic carbocycles. The van der Waals surface area contributed by atoms with E-state index in [1.54, 1.807) is 33.9 Å². The Hall–Kier alpha value is -5.83. The van der Waals surface area contributed by atoms with Crippen LogP contribution in [0.25, 0.3) is 5.65 Å². The number of anilines is 2. The van der Waals surface area contributed by atoms with Crippen LogP contribution in [0.2, 0.25) is 0 Å². The first-order chi connectivity index (χ1) is 27.6. The van der Waals surface area contributed by atoms with Crippen LogP contribution in [0.1, 0.15) is 94.6 Å². The monoisotopic (exact) mass is 773 g/mol. The number of aromatic nitrogens is 3. The summed E-state index contributed by atoms with van der Waals surface area (Å²) in [5.74, 6) is -0.124. The number of hydrogen-bond acceptors (Lipinski definition) is 10. The molecular formula is C42H47N9O6. The summed E-state index contributed by atoms with van der Waals surface area (Å²) in [6, 6.07) is 10.9. The Labute approximate surface area is 330 Å². The predicted octanol–water partition coefficient (Wildman–Crippen LogP) is 3.87. The van der Waals surface area contributed by atoms with Crippen LogP contribution in [0.15, 0.2) is 55.0 Å². The van der Waals surface area contributed by atoms with Gasteiger partial charge in [-0.2, -0.15) is 5.10 Å². The Bertz CT molecular complexity index is 2270. The molecule has 1 unspecified atom stereocenters. The third kappa shape index (κ3) is 7.09. The number of fused-ring (bicyclic) bond motifs is 3. The number of likely N-dealkylation sites (tertiary alicyclic amines) is 1. The van der Waals surface area contributed by atoms with Crippen molar-refractivity contribution in [2.24, 2.45) is 5.92 Å². The van der Waals surface area contributed by atoms with Crippen LogP contribution in [-0.4, -0.2) is 110 Å². The standard InChI is InChI=1S/C42H47N9O6/c1-25(2)57-36-20-32-28(19-34(36)45-39(53)33-21-44-51-13-3-12-43-38(33)51)23-49(42(32)56)29-10-14-47(15-11-29)22-26-8-16-48(17-9-26)30-4-5-31-27(18-30)24-50(41(31)55)35-6-7-37(52)46-40(35)54/h3-5,12-13,18-21,25-26,29,35H,6-11,14-17,22-24H2,1-2H3,(H,45,53)(H,46,52,54). The summed E-state index contributed by atoms with van der Waals surface area (Å²) < 4.78 is 7.66. The second-order valence-corrected chi connectivity index (χ2v) is 16.2. The lowest BCUT2D eigenvalue weighted by atomic mass is 9.94. The number of rotatable bonds is 9. The Morgan fingerprint density at radius 3 is 2.44 bits per heavy atom. The highest BCUT2D eigenvalue weighted by molar-refractivity contribution is 6.09. The van der Waals surface area contributed by atoms with Gasteiger partial charge in [0, 0.05) is 87.5 Å². The van der Waals surface area contributed by atoms with Crippen molar-refractivity contribution in [1.82, 2.24) is 34.6 Å². The first-order valence-corrected chi connectivity index (χ1v) is 20.1. The Morgan fingerprint density at radius 1 is 0.912 bits per heavy atom. The smallest absolute Gasteiger partial charge is 0.261 e. The third-order valence-corrected chi connectivity index (χ3v) is 12.2. The molecule has 7 heterocycles. The first-order valence-electron chi connectivity index (χ1n) is 20.1. The molecule has 2 aromatic heterocycles. The predicted molar refractivity (Wildman–Crippen MR) is 210 cm³/mol. The molecule has 5 aliphatic heterocycles. The molecule has 1 atom stereocenters. The van der Waals surface area contributed by atoms with Crippen LogP contribution in [0.4, 0.5) is 11.4 Å². The molecule has 15 heteroatoms. The van der Waals surface area contributed by atoms with Crippen molar-refractivity contribution in [3.8, 4) is 5.75 Å². The number of amides is 5. The average molecular weight is 774 g/mol. The van der Waals surface area contributed by atoms with E-state index in [2.05, 4.69) is 36.6 Å². The van der Waals surface area contributed by atoms with Gasteiger partial charge in [-0.3, -0.25) is 29.3 Å². The lowest BCUT2D eigenvalue weighted by molar-refractivity contribution is -0.136. The van der Waals surface area contributed by atoms with Crippen molar-refractivity contribution in [2.75, 3.05) is 42.9 Å². The molecule has 5 aliphatic rings. The van der Waals surface area contributed by atoms with Crippen molar-refractivity contribution in [2.45, 2.75) is 83.6 Å². The van der Waals surface area contributed by atoms with E-state index in [1.165, 1.54) is 6.20 Å². The van der Waals surface area contributed by atoms with E-state index in [9.17, 15) is 24.0 Å². The van der Waals surface area contributed by atoms with Gasteiger partial charge in [-0.1, -0.05) is 0 Å². The van der Waals surface area contributed by atoms with Gasteiger partial charge >= 0.3 is 0 Å². The highest BCUT2D eigenvalue weighted by Crippen LogP contribution is 2.37. The molecule has 3 saturated heterocycles. The second kappa shape index (κ2) is 14.9. The number of benzene rings is 2. The number of piperidine rings is 3. The number of nitrogens with one attached hydrogen (secondary N) is 2. The maximum Gasteiger partial charge on any atom is 0.261 e. The van der Waals surface area contributed by atoms with Gasteiger partial charge in [-0.05, 0) is 99.4 Å². The molecule has 296 valence electrons. The van der Waals surface area contributed by atoms with E-state index in [0.29, 0.717) is 59.2 Å². The lowest BCUT2D eigenvalue weighted by Gasteiger charge is -2.40. The zero-order valence-electron chi connectivity index (χ0n) is 32.3. The van der Waals surface area contributed by atoms with Crippen molar-refractivity contribution >= 4 is 46.6 Å². The van der Waals surface area contributed by atoms with Crippen molar-refractivity contribution in [3.63, 3.8) is 0 Å². The average Bonchev–Trinajstić information content (AvgIpc) is 3.88. The maximum absolute atomic E-state index is 13.8. The van der Waals surface area contributed by atoms with Crippen LogP contribution in [-0.2, 0) is 22.7 Å². The minimum atomic E-state index is -0.611. The van der Waals surface area contributed by atoms with Gasteiger partial charge in [0.2, 0.25) is 11.8 Å². The maximum atomic E-state index is 13.8. The fourth-order valence-electron chi connectivity index (χ4n) is 9.20. The minimum absolute atomic E-state index is 0.00809. The number of carbonyl (C=O) groups is 5. The van der Waals surface area contributed by atoms with Gasteiger partial charge in [0.15, 0.2) is 5.65 Å². The second-order valence-electron chi connectivity index (χ2n) is 16.2. The van der Waals surface area contributed by atoms with E-state index < -0.39 is 11.9 Å². The molecule has 0 radical (unpaired) electrons. The summed E-state index contributed by atoms with van der Waals surface area (Å²) >= 11 is 0. The van der Waals surface area contributed by atoms with E-state index in [0.717, 1.165) is 75.2 Å². The van der Waals surface area contributed by atoms with E-state index in [4.69, 9.17) is 4.74 Å². The molecule has 9 rings (SSSR count). The largest absolute Gasteiger partial charge is 0.489 e. The SMILES string of the molecule is CC(C)Oc1cc2c(cc1NC(=O)c1cnn3cccnc13)CN(C1CCN(CC3CCN(c4ccc5c(c4)CN(C4CCC(=O)NC4=O)C5=O)CC3)CC1)C2=O. The normalized spacial score (nSPS) is 20.8. The molecule has 2 aromatic carbocycles. The molecule has 5 amide bonds. The molecule has 4 aromatic rings. The van der Waals surface area contributed by atoms with Gasteiger partial charge in [-0.15, -0.1) is 0 Å². The number of ether oxygens (including phenoxy) is 1. The van der Waals surface area contributed by atoms with Crippen LogP contribution in [0.5, 0.6) is 5.75 Å². The highest BCUT2D eigenvalue weighted by atomic mass is 16.5. The quantitative estimate of drug-likeness (QED) is 0.239. The van der Waals surface area contributed by atoms with E-state index in [1.807, 2.05) is 36.9 Å². The summed E-state index contributed by atoms with van der Waals surface area (Å²) in [4.78, 5) is 77.4. The van der Waals surface area contributed by atoms with Gasteiger partial charge in [0.25, 0.3) is 17.7 Å². The summed E-state index contributed by atoms with van der Waals surface area (Å²) in [5.41, 5.74) is 5.49. The molecule has 3 fully saturated rings. The summed E-state index contributed by atoms with van der Waals surface area (Å²) in [6.07, 6.45) is 9.26. The topological polar surface area (TPSA) is 162 Å². The van der Waals surface area contributed by atoms with E-state index >= 15 is 0 Å². The number of hydrogen-bond donors (Lipinski definition) is 2. The lowest BCUT2D eigenvalue weighted by Crippen LogP contribution is -2.52. The van der Waals surface area contributed by atoms with Gasteiger partial charge in [0.05, 0.1) is 18.0 Å². The van der Waals surface area contributed by atoms with Gasteiger partial charge < -0.3 is 29.7 Å². The van der Waals surface area contributed by atoms with Crippen LogP contribution >= 0.6 is 0 Å². The molecule has 57 heavy (non-hydrogen) atoms. The molecule has 0 spiro atoms. The number of nitrogens with zero attached hydrogens (tertiary/aromatic N) is 7. The third-order valence-electron chi connectivity index (χ3n) is 12.2. The molecule has 0 saturated carbocycles. The number of imide groups is 1. The molecular weight excluding hydrogens is 727 g/mol. The Morgan fingerprint density at radius 2 is 1.67 bits per heavy atom. The molecule has 15 nitrogen and oxygen atoms in total. The van der Waals surface area contributed by atoms with Crippen LogP contribution in [0, 0.1) is 5.92 Å². The van der Waals surface area contributed by atoms with E-state index in [-0.39, 0.29) is 42.2 Å². The molecule has 2 N–H and O–H groups in total. The van der Waals surface area contributed by atoms with Crippen LogP contribution < -0.4 is 20.3 Å². The van der Waals surface area contributed by atoms with Gasteiger partial charge in [-0.25, -0.2) is 9.50 Å².